The first-order valence-electron chi connectivity index (χ1n) is 9.43. The highest BCUT2D eigenvalue weighted by atomic mass is 16.5. The van der Waals surface area contributed by atoms with Crippen LogP contribution in [0.5, 0.6) is 5.75 Å². The summed E-state index contributed by atoms with van der Waals surface area (Å²) in [5.41, 5.74) is -0.412. The van der Waals surface area contributed by atoms with E-state index in [4.69, 9.17) is 4.74 Å². The van der Waals surface area contributed by atoms with Gasteiger partial charge in [-0.15, -0.1) is 0 Å². The predicted molar refractivity (Wildman–Crippen MR) is 93.6 cm³/mol. The summed E-state index contributed by atoms with van der Waals surface area (Å²) >= 11 is 0. The van der Waals surface area contributed by atoms with Crippen molar-refractivity contribution < 1.29 is 19.4 Å². The van der Waals surface area contributed by atoms with E-state index in [1.165, 1.54) is 12.3 Å². The van der Waals surface area contributed by atoms with Crippen LogP contribution in [0, 0.1) is 5.41 Å². The van der Waals surface area contributed by atoms with E-state index in [0.29, 0.717) is 32.7 Å². The summed E-state index contributed by atoms with van der Waals surface area (Å²) in [6.45, 7) is 3.18. The van der Waals surface area contributed by atoms with Gasteiger partial charge in [-0.05, 0) is 44.2 Å². The van der Waals surface area contributed by atoms with Crippen molar-refractivity contribution in [2.45, 2.75) is 38.1 Å². The second-order valence-corrected chi connectivity index (χ2v) is 7.57. The van der Waals surface area contributed by atoms with Crippen molar-refractivity contribution in [2.75, 3.05) is 32.8 Å². The third-order valence-electron chi connectivity index (χ3n) is 6.03. The Labute approximate surface area is 152 Å². The van der Waals surface area contributed by atoms with Crippen LogP contribution in [0.2, 0.25) is 0 Å². The second-order valence-electron chi connectivity index (χ2n) is 7.57. The zero-order chi connectivity index (χ0) is 18.1. The maximum Gasteiger partial charge on any atom is 0.276 e. The third kappa shape index (κ3) is 2.94. The van der Waals surface area contributed by atoms with Crippen molar-refractivity contribution in [3.05, 3.63) is 24.0 Å². The normalized spacial score (nSPS) is 27.3. The Kier molecular flexibility index (Phi) is 4.56. The van der Waals surface area contributed by atoms with Gasteiger partial charge in [-0.3, -0.25) is 9.59 Å². The van der Waals surface area contributed by atoms with Gasteiger partial charge in [0.15, 0.2) is 5.69 Å². The van der Waals surface area contributed by atoms with Gasteiger partial charge in [0.25, 0.3) is 5.91 Å². The van der Waals surface area contributed by atoms with Gasteiger partial charge in [-0.2, -0.15) is 0 Å². The lowest BCUT2D eigenvalue weighted by Gasteiger charge is -2.44. The second kappa shape index (κ2) is 6.87. The molecule has 0 saturated carbocycles. The molecule has 0 bridgehead atoms. The molecular formula is C19H25N3O4. The molecule has 0 radical (unpaired) electrons. The lowest BCUT2D eigenvalue weighted by atomic mass is 9.77. The molecular weight excluding hydrogens is 334 g/mol. The fourth-order valence-electron chi connectivity index (χ4n) is 4.58. The minimum atomic E-state index is -0.476. The topological polar surface area (TPSA) is 83.0 Å². The van der Waals surface area contributed by atoms with Gasteiger partial charge in [0.05, 0.1) is 5.41 Å². The maximum atomic E-state index is 13.3. The Hall–Kier alpha value is -2.15. The van der Waals surface area contributed by atoms with Crippen molar-refractivity contribution in [3.8, 4) is 5.75 Å². The quantitative estimate of drug-likeness (QED) is 0.863. The number of amides is 2. The molecule has 2 amide bonds. The van der Waals surface area contributed by atoms with Crippen molar-refractivity contribution in [1.82, 2.24) is 14.8 Å². The number of hydrogen-bond donors (Lipinski definition) is 1. The van der Waals surface area contributed by atoms with Crippen molar-refractivity contribution in [3.63, 3.8) is 0 Å². The summed E-state index contributed by atoms with van der Waals surface area (Å²) < 4.78 is 5.43. The molecule has 1 aromatic rings. The number of hydrogen-bond acceptors (Lipinski definition) is 5. The number of carbonyl (C=O) groups is 2. The van der Waals surface area contributed by atoms with Crippen LogP contribution >= 0.6 is 0 Å². The van der Waals surface area contributed by atoms with Gasteiger partial charge in [-0.1, -0.05) is 0 Å². The summed E-state index contributed by atoms with van der Waals surface area (Å²) in [6, 6.07) is 3.32. The smallest absolute Gasteiger partial charge is 0.276 e. The maximum absolute atomic E-state index is 13.3. The van der Waals surface area contributed by atoms with Crippen molar-refractivity contribution in [2.24, 2.45) is 5.41 Å². The van der Waals surface area contributed by atoms with E-state index in [-0.39, 0.29) is 29.3 Å². The molecule has 4 rings (SSSR count). The Morgan fingerprint density at radius 2 is 2.08 bits per heavy atom. The molecule has 3 aliphatic rings. The Bertz CT molecular complexity index is 704. The van der Waals surface area contributed by atoms with Crippen LogP contribution < -0.4 is 0 Å². The highest BCUT2D eigenvalue weighted by molar-refractivity contribution is 5.96. The standard InChI is InChI=1S/C19H25N3O4/c23-15-3-1-8-20-16(15)17(24)21-10-7-19(13-21)6-2-9-22(18(19)25)14-4-11-26-12-5-14/h1,3,8,14,23H,2,4-7,9-13H2/t19-/m1/s1. The van der Waals surface area contributed by atoms with Crippen LogP contribution in [0.1, 0.15) is 42.6 Å². The van der Waals surface area contributed by atoms with Crippen molar-refractivity contribution in [1.29, 1.82) is 0 Å². The molecule has 4 heterocycles. The first-order valence-corrected chi connectivity index (χ1v) is 9.43. The monoisotopic (exact) mass is 359 g/mol. The molecule has 3 fully saturated rings. The summed E-state index contributed by atoms with van der Waals surface area (Å²) in [6.07, 6.45) is 5.77. The molecule has 1 aromatic heterocycles. The number of carbonyl (C=O) groups excluding carboxylic acids is 2. The third-order valence-corrected chi connectivity index (χ3v) is 6.03. The first kappa shape index (κ1) is 17.3. The van der Waals surface area contributed by atoms with E-state index >= 15 is 0 Å². The summed E-state index contributed by atoms with van der Waals surface area (Å²) in [7, 11) is 0. The number of likely N-dealkylation sites (tertiary alicyclic amines) is 2. The van der Waals surface area contributed by atoms with Crippen LogP contribution in [-0.4, -0.2) is 70.6 Å². The predicted octanol–water partition coefficient (Wildman–Crippen LogP) is 1.42. The average molecular weight is 359 g/mol. The molecule has 1 N–H and O–H groups in total. The molecule has 0 unspecified atom stereocenters. The number of rotatable bonds is 2. The SMILES string of the molecule is O=C(c1ncccc1O)N1CC[C@]2(CCCN(C3CCOCC3)C2=O)C1. The average Bonchev–Trinajstić information content (AvgIpc) is 3.10. The van der Waals surface area contributed by atoms with Crippen LogP contribution in [0.25, 0.3) is 0 Å². The summed E-state index contributed by atoms with van der Waals surface area (Å²) in [4.78, 5) is 33.8. The molecule has 1 spiro atoms. The molecule has 140 valence electrons. The van der Waals surface area contributed by atoms with Gasteiger partial charge in [-0.25, -0.2) is 4.98 Å². The van der Waals surface area contributed by atoms with Gasteiger partial charge in [0, 0.05) is 45.1 Å². The summed E-state index contributed by atoms with van der Waals surface area (Å²) in [5, 5.41) is 9.91. The van der Waals surface area contributed by atoms with E-state index in [1.807, 2.05) is 4.90 Å². The molecule has 7 nitrogen and oxygen atoms in total. The van der Waals surface area contributed by atoms with Crippen LogP contribution in [0.15, 0.2) is 18.3 Å². The molecule has 26 heavy (non-hydrogen) atoms. The number of pyridine rings is 1. The fraction of sp³-hybridized carbons (Fsp3) is 0.632. The first-order chi connectivity index (χ1) is 12.6. The van der Waals surface area contributed by atoms with Crippen molar-refractivity contribution >= 4 is 11.8 Å². The van der Waals surface area contributed by atoms with Gasteiger partial charge >= 0.3 is 0 Å². The number of aromatic nitrogens is 1. The van der Waals surface area contributed by atoms with E-state index in [9.17, 15) is 14.7 Å². The number of ether oxygens (including phenoxy) is 1. The Morgan fingerprint density at radius 1 is 1.27 bits per heavy atom. The van der Waals surface area contributed by atoms with Gasteiger partial charge in [0.1, 0.15) is 5.75 Å². The zero-order valence-electron chi connectivity index (χ0n) is 14.9. The highest BCUT2D eigenvalue weighted by Gasteiger charge is 2.50. The van der Waals surface area contributed by atoms with Crippen LogP contribution in [0.4, 0.5) is 0 Å². The molecule has 0 aliphatic carbocycles. The Balaban J connectivity index is 1.50. The number of piperidine rings is 1. The van der Waals surface area contributed by atoms with E-state index in [0.717, 1.165) is 32.2 Å². The molecule has 7 heteroatoms. The molecule has 3 aliphatic heterocycles. The van der Waals surface area contributed by atoms with E-state index in [1.54, 1.807) is 11.0 Å². The lowest BCUT2D eigenvalue weighted by molar-refractivity contribution is -0.150. The summed E-state index contributed by atoms with van der Waals surface area (Å²) in [5.74, 6) is -0.218. The zero-order valence-corrected chi connectivity index (χ0v) is 14.9. The van der Waals surface area contributed by atoms with Crippen LogP contribution in [-0.2, 0) is 9.53 Å². The minimum Gasteiger partial charge on any atom is -0.505 e. The molecule has 1 atom stereocenters. The lowest BCUT2D eigenvalue weighted by Crippen LogP contribution is -2.55. The van der Waals surface area contributed by atoms with E-state index < -0.39 is 5.41 Å². The van der Waals surface area contributed by atoms with Gasteiger partial charge in [0.2, 0.25) is 5.91 Å². The van der Waals surface area contributed by atoms with Gasteiger partial charge < -0.3 is 19.6 Å². The highest BCUT2D eigenvalue weighted by Crippen LogP contribution is 2.42. The molecule has 3 saturated heterocycles. The number of nitrogens with zero attached hydrogens (tertiary/aromatic N) is 3. The fourth-order valence-corrected chi connectivity index (χ4v) is 4.58. The minimum absolute atomic E-state index is 0.0640. The van der Waals surface area contributed by atoms with Crippen LogP contribution in [0.3, 0.4) is 0 Å². The van der Waals surface area contributed by atoms with E-state index in [2.05, 4.69) is 4.98 Å². The Morgan fingerprint density at radius 3 is 2.85 bits per heavy atom. The molecule has 0 aromatic carbocycles. The largest absolute Gasteiger partial charge is 0.505 e. The number of aromatic hydroxyl groups is 1.